The van der Waals surface area contributed by atoms with Gasteiger partial charge in [-0.25, -0.2) is 0 Å². The van der Waals surface area contributed by atoms with E-state index in [0.717, 1.165) is 17.1 Å². The molecule has 81 heavy (non-hydrogen) atoms. The van der Waals surface area contributed by atoms with E-state index in [1.54, 1.807) is 0 Å². The van der Waals surface area contributed by atoms with E-state index in [1.165, 1.54) is 147 Å². The molecule has 0 N–H and O–H groups in total. The minimum absolute atomic E-state index is 0.545. The Labute approximate surface area is 472 Å². The van der Waals surface area contributed by atoms with Crippen LogP contribution < -0.4 is 4.90 Å². The van der Waals surface area contributed by atoms with Crippen molar-refractivity contribution in [2.75, 3.05) is 4.90 Å². The van der Waals surface area contributed by atoms with Crippen LogP contribution in [0.2, 0.25) is 0 Å². The number of benzene rings is 13. The van der Waals surface area contributed by atoms with Gasteiger partial charge in [-0.2, -0.15) is 0 Å². The Kier molecular flexibility index (Phi) is 8.57. The van der Waals surface area contributed by atoms with Gasteiger partial charge in [0.15, 0.2) is 0 Å². The lowest BCUT2D eigenvalue weighted by Gasteiger charge is -2.39. The molecule has 0 radical (unpaired) electrons. The van der Waals surface area contributed by atoms with Crippen LogP contribution in [0.3, 0.4) is 0 Å². The minimum Gasteiger partial charge on any atom is -0.310 e. The Bertz CT molecular complexity index is 5220. The average Bonchev–Trinajstić information content (AvgIpc) is 3.20. The highest BCUT2D eigenvalue weighted by atomic mass is 32.1. The number of para-hydroxylation sites is 3. The highest BCUT2D eigenvalue weighted by Crippen LogP contribution is 2.66. The second-order valence-corrected chi connectivity index (χ2v) is 23.6. The number of nitrogens with zero attached hydrogens (tertiary/aromatic N) is 2. The Morgan fingerprint density at radius 2 is 0.877 bits per heavy atom. The van der Waals surface area contributed by atoms with Crippen molar-refractivity contribution in [3.63, 3.8) is 0 Å². The molecule has 0 fully saturated rings. The average molecular weight is 1040 g/mol. The van der Waals surface area contributed by atoms with Crippen LogP contribution in [0.25, 0.3) is 103 Å². The Hall–Kier alpha value is -10.1. The zero-order chi connectivity index (χ0) is 52.7. The lowest BCUT2D eigenvalue weighted by molar-refractivity contribution is 0.748. The molecular formula is C78H46N2S. The van der Waals surface area contributed by atoms with Gasteiger partial charge >= 0.3 is 0 Å². The molecule has 1 unspecified atom stereocenters. The van der Waals surface area contributed by atoms with Crippen molar-refractivity contribution in [2.45, 2.75) is 10.8 Å². The number of fused-ring (bicyclic) bond motifs is 27. The molecule has 2 aromatic heterocycles. The molecule has 3 heteroatoms. The molecule has 3 heterocycles. The van der Waals surface area contributed by atoms with E-state index in [4.69, 9.17) is 0 Å². The summed E-state index contributed by atoms with van der Waals surface area (Å²) in [4.78, 5) is 2.59. The van der Waals surface area contributed by atoms with Crippen LogP contribution in [0.1, 0.15) is 44.5 Å². The highest BCUT2D eigenvalue weighted by molar-refractivity contribution is 7.25. The largest absolute Gasteiger partial charge is 0.310 e. The van der Waals surface area contributed by atoms with E-state index in [9.17, 15) is 0 Å². The first-order valence-electron chi connectivity index (χ1n) is 28.2. The van der Waals surface area contributed by atoms with Crippen molar-refractivity contribution in [1.29, 1.82) is 0 Å². The van der Waals surface area contributed by atoms with Crippen molar-refractivity contribution in [1.82, 2.24) is 4.57 Å². The quantitative estimate of drug-likeness (QED) is 0.171. The minimum atomic E-state index is -0.606. The van der Waals surface area contributed by atoms with Crippen molar-refractivity contribution in [3.8, 4) is 50.2 Å². The summed E-state index contributed by atoms with van der Waals surface area (Å²) in [5.41, 5.74) is 26.6. The van der Waals surface area contributed by atoms with Gasteiger partial charge in [0.25, 0.3) is 0 Å². The number of hydrogen-bond donors (Lipinski definition) is 0. The van der Waals surface area contributed by atoms with E-state index >= 15 is 0 Å². The predicted molar refractivity (Wildman–Crippen MR) is 338 cm³/mol. The molecule has 0 saturated heterocycles. The van der Waals surface area contributed by atoms with Gasteiger partial charge in [0, 0.05) is 47.9 Å². The molecule has 13 aromatic carbocycles. The first-order chi connectivity index (χ1) is 40.2. The standard InChI is InChI=1S/C78H46N2S/c1-2-18-52-48(17-1)38-44-66-74(52)60-43-41-51(46-68(60)77(66)61-25-8-3-19-53(61)54-20-4-9-26-62(54)77)79(50-39-35-47(36-40-50)49-37-42-57-56-22-7-14-34-72(56)81-73(57)45-49)71-33-16-29-65-75(71)59-23-5-10-27-63(59)78(65)64-28-11-13-32-70(64)80-69-31-12-6-21-55(69)58-24-15-30-67(78)76(58)80/h1-46H. The molecule has 1 atom stereocenters. The monoisotopic (exact) mass is 1040 g/mol. The maximum Gasteiger partial charge on any atom is 0.0755 e. The van der Waals surface area contributed by atoms with Gasteiger partial charge in [0.1, 0.15) is 0 Å². The van der Waals surface area contributed by atoms with Crippen LogP contribution in [0.5, 0.6) is 0 Å². The Balaban J connectivity index is 0.892. The smallest absolute Gasteiger partial charge is 0.0755 e. The molecule has 2 nitrogen and oxygen atoms in total. The summed E-state index contributed by atoms with van der Waals surface area (Å²) < 4.78 is 5.17. The van der Waals surface area contributed by atoms with Crippen molar-refractivity contribution in [3.05, 3.63) is 324 Å². The third-order valence-corrected chi connectivity index (χ3v) is 20.1. The summed E-state index contributed by atoms with van der Waals surface area (Å²) in [6, 6.07) is 106. The van der Waals surface area contributed by atoms with Crippen LogP contribution >= 0.6 is 11.3 Å². The summed E-state index contributed by atoms with van der Waals surface area (Å²) in [6.07, 6.45) is 0. The summed E-state index contributed by atoms with van der Waals surface area (Å²) in [5.74, 6) is 0. The molecule has 2 spiro atoms. The van der Waals surface area contributed by atoms with Gasteiger partial charge in [0.05, 0.1) is 33.2 Å². The summed E-state index contributed by atoms with van der Waals surface area (Å²) in [6.45, 7) is 0. The van der Waals surface area contributed by atoms with Gasteiger partial charge in [0.2, 0.25) is 0 Å². The third kappa shape index (κ3) is 5.43. The molecular weight excluding hydrogens is 997 g/mol. The molecule has 19 rings (SSSR count). The van der Waals surface area contributed by atoms with E-state index in [2.05, 4.69) is 289 Å². The van der Waals surface area contributed by atoms with E-state index in [0.29, 0.717) is 0 Å². The first-order valence-corrected chi connectivity index (χ1v) is 29.1. The maximum absolute atomic E-state index is 2.59. The summed E-state index contributed by atoms with van der Waals surface area (Å²) in [5, 5.41) is 7.73. The van der Waals surface area contributed by atoms with Gasteiger partial charge in [-0.15, -0.1) is 11.3 Å². The normalized spacial score (nSPS) is 15.3. The van der Waals surface area contributed by atoms with E-state index in [-0.39, 0.29) is 0 Å². The third-order valence-electron chi connectivity index (χ3n) is 19.0. The molecule has 0 saturated carbocycles. The zero-order valence-electron chi connectivity index (χ0n) is 43.9. The van der Waals surface area contributed by atoms with Crippen molar-refractivity contribution < 1.29 is 0 Å². The number of rotatable bonds is 4. The topological polar surface area (TPSA) is 8.17 Å². The van der Waals surface area contributed by atoms with Crippen molar-refractivity contribution in [2.24, 2.45) is 0 Å². The van der Waals surface area contributed by atoms with Gasteiger partial charge in [-0.3, -0.25) is 0 Å². The molecule has 0 amide bonds. The second kappa shape index (κ2) is 15.8. The number of anilines is 3. The number of thiophene rings is 1. The molecule has 4 aliphatic rings. The highest BCUT2D eigenvalue weighted by Gasteiger charge is 2.54. The lowest BCUT2D eigenvalue weighted by Crippen LogP contribution is -2.33. The lowest BCUT2D eigenvalue weighted by atomic mass is 9.65. The SMILES string of the molecule is c1ccc2c(c1)-c1ccccc1C21c2cc(N(c3ccc(-c4ccc5c(c4)sc4ccccc45)cc3)c3cccc4c3-c3ccccc3C43c4ccccc4-n4c5ccccc5c5cccc3c54)ccc2-c2c1ccc1ccccc21. The van der Waals surface area contributed by atoms with Crippen LogP contribution in [0.4, 0.5) is 17.1 Å². The summed E-state index contributed by atoms with van der Waals surface area (Å²) in [7, 11) is 0. The van der Waals surface area contributed by atoms with Crippen LogP contribution in [0, 0.1) is 0 Å². The fraction of sp³-hybridized carbons (Fsp3) is 0.0256. The van der Waals surface area contributed by atoms with E-state index in [1.807, 2.05) is 11.3 Å². The van der Waals surface area contributed by atoms with Crippen molar-refractivity contribution >= 4 is 81.1 Å². The molecule has 0 bridgehead atoms. The van der Waals surface area contributed by atoms with Gasteiger partial charge < -0.3 is 9.47 Å². The Morgan fingerprint density at radius 1 is 0.309 bits per heavy atom. The fourth-order valence-corrected chi connectivity index (χ4v) is 17.1. The first kappa shape index (κ1) is 43.9. The predicted octanol–water partition coefficient (Wildman–Crippen LogP) is 20.5. The van der Waals surface area contributed by atoms with Crippen LogP contribution in [-0.2, 0) is 10.8 Å². The van der Waals surface area contributed by atoms with E-state index < -0.39 is 10.8 Å². The maximum atomic E-state index is 2.59. The molecule has 1 aliphatic heterocycles. The van der Waals surface area contributed by atoms with Gasteiger partial charge in [-0.1, -0.05) is 224 Å². The zero-order valence-corrected chi connectivity index (χ0v) is 44.7. The molecule has 3 aliphatic carbocycles. The molecule has 374 valence electrons. The van der Waals surface area contributed by atoms with Crippen LogP contribution in [-0.4, -0.2) is 4.57 Å². The molecule has 15 aromatic rings. The number of hydrogen-bond acceptors (Lipinski definition) is 2. The summed E-state index contributed by atoms with van der Waals surface area (Å²) >= 11 is 1.87. The van der Waals surface area contributed by atoms with Gasteiger partial charge in [-0.05, 0) is 149 Å². The number of aromatic nitrogens is 1. The Morgan fingerprint density at radius 3 is 1.70 bits per heavy atom. The van der Waals surface area contributed by atoms with Crippen LogP contribution in [0.15, 0.2) is 279 Å². The second-order valence-electron chi connectivity index (χ2n) is 22.5. The fourth-order valence-electron chi connectivity index (χ4n) is 15.9.